The lowest BCUT2D eigenvalue weighted by molar-refractivity contribution is 0.0106. The van der Waals surface area contributed by atoms with Gasteiger partial charge in [0.1, 0.15) is 11.4 Å². The molecule has 0 unspecified atom stereocenters. The van der Waals surface area contributed by atoms with Crippen LogP contribution in [0.5, 0.6) is 0 Å². The molecule has 11 heteroatoms. The molecule has 1 saturated carbocycles. The molecule has 0 bridgehead atoms. The maximum Gasteiger partial charge on any atom is 0.410 e. The number of amides is 3. The Hall–Kier alpha value is -3.89. The zero-order valence-electron chi connectivity index (χ0n) is 21.2. The molecule has 6 rings (SSSR count). The van der Waals surface area contributed by atoms with E-state index in [0.717, 1.165) is 30.6 Å². The van der Waals surface area contributed by atoms with Crippen molar-refractivity contribution in [2.75, 3.05) is 41.3 Å². The SMILES string of the molecule is CC(C)(C)OC(=O)N1CCN(c2ccnc3c2CCN3C(=O)Nc2cc(F)c3nccn3c2)CC12CC2. The largest absolute Gasteiger partial charge is 0.444 e. The molecule has 0 aromatic carbocycles. The first-order valence-electron chi connectivity index (χ1n) is 12.6. The minimum Gasteiger partial charge on any atom is -0.444 e. The van der Waals surface area contributed by atoms with Gasteiger partial charge in [-0.25, -0.2) is 23.9 Å². The van der Waals surface area contributed by atoms with Crippen LogP contribution in [0, 0.1) is 5.82 Å². The van der Waals surface area contributed by atoms with Crippen molar-refractivity contribution in [2.45, 2.75) is 51.2 Å². The summed E-state index contributed by atoms with van der Waals surface area (Å²) in [6.07, 6.45) is 8.79. The number of aromatic nitrogens is 3. The molecule has 1 N–H and O–H groups in total. The van der Waals surface area contributed by atoms with Crippen LogP contribution in [0.25, 0.3) is 5.65 Å². The van der Waals surface area contributed by atoms with Crippen LogP contribution in [0.1, 0.15) is 39.2 Å². The molecule has 3 aromatic rings. The van der Waals surface area contributed by atoms with Gasteiger partial charge in [-0.2, -0.15) is 0 Å². The molecular weight excluding hydrogens is 477 g/mol. The van der Waals surface area contributed by atoms with Gasteiger partial charge in [0.05, 0.1) is 11.2 Å². The van der Waals surface area contributed by atoms with Gasteiger partial charge in [0.25, 0.3) is 0 Å². The van der Waals surface area contributed by atoms with Gasteiger partial charge >= 0.3 is 12.1 Å². The first-order chi connectivity index (χ1) is 17.6. The van der Waals surface area contributed by atoms with Gasteiger partial charge in [-0.05, 0) is 46.1 Å². The van der Waals surface area contributed by atoms with Crippen LogP contribution >= 0.6 is 0 Å². The van der Waals surface area contributed by atoms with E-state index in [0.29, 0.717) is 37.6 Å². The number of ether oxygens (including phenoxy) is 1. The Morgan fingerprint density at radius 2 is 1.95 bits per heavy atom. The standard InChI is InChI=1S/C26H30FN7O3/c1-25(2,3)37-24(36)34-13-12-32(16-26(34)6-7-26)20-4-8-28-21-18(20)5-10-33(21)23(35)30-17-14-19(27)22-29-9-11-31(22)15-17/h4,8-9,11,14-15H,5-7,10,12-13,16H2,1-3H3,(H,30,35). The summed E-state index contributed by atoms with van der Waals surface area (Å²) in [6.45, 7) is 8.11. The second kappa shape index (κ2) is 8.32. The van der Waals surface area contributed by atoms with Crippen LogP contribution < -0.4 is 15.1 Å². The molecule has 0 radical (unpaired) electrons. The Bertz CT molecular complexity index is 1390. The molecule has 1 aliphatic carbocycles. The quantitative estimate of drug-likeness (QED) is 0.562. The van der Waals surface area contributed by atoms with Gasteiger partial charge in [0.15, 0.2) is 11.5 Å². The molecular formula is C26H30FN7O3. The van der Waals surface area contributed by atoms with E-state index in [4.69, 9.17) is 4.74 Å². The Balaban J connectivity index is 1.19. The monoisotopic (exact) mass is 507 g/mol. The predicted molar refractivity (Wildman–Crippen MR) is 137 cm³/mol. The fourth-order valence-electron chi connectivity index (χ4n) is 5.37. The minimum absolute atomic E-state index is 0.205. The van der Waals surface area contributed by atoms with E-state index in [2.05, 4.69) is 20.2 Å². The van der Waals surface area contributed by atoms with E-state index in [1.807, 2.05) is 31.7 Å². The number of halogens is 1. The van der Waals surface area contributed by atoms with E-state index in [9.17, 15) is 14.0 Å². The lowest BCUT2D eigenvalue weighted by Crippen LogP contribution is -2.58. The molecule has 37 heavy (non-hydrogen) atoms. The van der Waals surface area contributed by atoms with Crippen LogP contribution in [-0.2, 0) is 11.2 Å². The van der Waals surface area contributed by atoms with Crippen LogP contribution in [-0.4, -0.2) is 68.7 Å². The molecule has 3 amide bonds. The molecule has 5 heterocycles. The lowest BCUT2D eigenvalue weighted by Gasteiger charge is -2.43. The number of piperazine rings is 1. The number of anilines is 3. The smallest absolute Gasteiger partial charge is 0.410 e. The Morgan fingerprint density at radius 1 is 1.14 bits per heavy atom. The zero-order valence-corrected chi connectivity index (χ0v) is 21.2. The first kappa shape index (κ1) is 23.5. The minimum atomic E-state index is -0.531. The molecule has 3 aliphatic rings. The van der Waals surface area contributed by atoms with Crippen molar-refractivity contribution < 1.29 is 18.7 Å². The highest BCUT2D eigenvalue weighted by Gasteiger charge is 2.54. The number of nitrogens with one attached hydrogen (secondary N) is 1. The topological polar surface area (TPSA) is 95.3 Å². The van der Waals surface area contributed by atoms with Crippen molar-refractivity contribution in [1.29, 1.82) is 0 Å². The Morgan fingerprint density at radius 3 is 2.70 bits per heavy atom. The van der Waals surface area contributed by atoms with Crippen molar-refractivity contribution in [1.82, 2.24) is 19.3 Å². The number of carbonyl (C=O) groups excluding carboxylic acids is 2. The highest BCUT2D eigenvalue weighted by molar-refractivity contribution is 6.03. The van der Waals surface area contributed by atoms with Gasteiger partial charge in [-0.3, -0.25) is 9.80 Å². The van der Waals surface area contributed by atoms with Crippen LogP contribution in [0.4, 0.5) is 31.2 Å². The number of pyridine rings is 2. The van der Waals surface area contributed by atoms with Gasteiger partial charge in [0.2, 0.25) is 0 Å². The summed E-state index contributed by atoms with van der Waals surface area (Å²) in [5, 5.41) is 2.79. The number of nitrogens with zero attached hydrogens (tertiary/aromatic N) is 6. The second-order valence-electron chi connectivity index (χ2n) is 11.0. The molecule has 194 valence electrons. The summed E-state index contributed by atoms with van der Waals surface area (Å²) >= 11 is 0. The van der Waals surface area contributed by atoms with Gasteiger partial charge in [-0.15, -0.1) is 0 Å². The third-order valence-corrected chi connectivity index (χ3v) is 7.22. The summed E-state index contributed by atoms with van der Waals surface area (Å²) in [4.78, 5) is 40.3. The maximum absolute atomic E-state index is 14.3. The van der Waals surface area contributed by atoms with E-state index >= 15 is 0 Å². The molecule has 10 nitrogen and oxygen atoms in total. The zero-order chi connectivity index (χ0) is 25.9. The lowest BCUT2D eigenvalue weighted by atomic mass is 10.1. The van der Waals surface area contributed by atoms with Crippen molar-refractivity contribution in [3.8, 4) is 0 Å². The molecule has 2 fully saturated rings. The van der Waals surface area contributed by atoms with E-state index in [1.165, 1.54) is 16.7 Å². The summed E-state index contributed by atoms with van der Waals surface area (Å²) < 4.78 is 21.5. The average Bonchev–Trinajstić information content (AvgIpc) is 3.24. The maximum atomic E-state index is 14.3. The van der Waals surface area contributed by atoms with Crippen LogP contribution in [0.2, 0.25) is 0 Å². The summed E-state index contributed by atoms with van der Waals surface area (Å²) in [5.74, 6) is 0.100. The van der Waals surface area contributed by atoms with Gasteiger partial charge in [0, 0.05) is 68.3 Å². The van der Waals surface area contributed by atoms with Crippen molar-refractivity contribution in [2.24, 2.45) is 0 Å². The number of rotatable bonds is 2. The average molecular weight is 508 g/mol. The molecule has 2 aliphatic heterocycles. The molecule has 0 atom stereocenters. The Kier molecular flexibility index (Phi) is 5.29. The molecule has 3 aromatic heterocycles. The van der Waals surface area contributed by atoms with Crippen molar-refractivity contribution >= 4 is 35.0 Å². The second-order valence-corrected chi connectivity index (χ2v) is 11.0. The molecule has 1 spiro atoms. The summed E-state index contributed by atoms with van der Waals surface area (Å²) in [7, 11) is 0. The number of urea groups is 1. The van der Waals surface area contributed by atoms with Crippen molar-refractivity contribution in [3.05, 3.63) is 48.3 Å². The molecule has 1 saturated heterocycles. The normalized spacial score (nSPS) is 18.3. The predicted octanol–water partition coefficient (Wildman–Crippen LogP) is 4.05. The van der Waals surface area contributed by atoms with Crippen molar-refractivity contribution in [3.63, 3.8) is 0 Å². The number of hydrogen-bond donors (Lipinski definition) is 1. The number of hydrogen-bond acceptors (Lipinski definition) is 6. The van der Waals surface area contributed by atoms with Gasteiger partial charge in [-0.1, -0.05) is 0 Å². The van der Waals surface area contributed by atoms with Crippen LogP contribution in [0.3, 0.4) is 0 Å². The first-order valence-corrected chi connectivity index (χ1v) is 12.6. The number of fused-ring (bicyclic) bond motifs is 2. The Labute approximate surface area is 214 Å². The fourth-order valence-corrected chi connectivity index (χ4v) is 5.37. The summed E-state index contributed by atoms with van der Waals surface area (Å²) in [5.41, 5.74) is 1.86. The third-order valence-electron chi connectivity index (χ3n) is 7.22. The van der Waals surface area contributed by atoms with E-state index in [-0.39, 0.29) is 23.3 Å². The highest BCUT2D eigenvalue weighted by Crippen LogP contribution is 2.47. The highest BCUT2D eigenvalue weighted by atomic mass is 19.1. The number of carbonyl (C=O) groups is 2. The van der Waals surface area contributed by atoms with Crippen LogP contribution in [0.15, 0.2) is 36.9 Å². The summed E-state index contributed by atoms with van der Waals surface area (Å²) in [6, 6.07) is 2.89. The third kappa shape index (κ3) is 4.21. The number of imidazole rings is 1. The van der Waals surface area contributed by atoms with E-state index < -0.39 is 11.4 Å². The fraction of sp³-hybridized carbons (Fsp3) is 0.462. The van der Waals surface area contributed by atoms with Gasteiger partial charge < -0.3 is 19.4 Å². The van der Waals surface area contributed by atoms with E-state index in [1.54, 1.807) is 23.5 Å².